The highest BCUT2D eigenvalue weighted by Gasteiger charge is 2.46. The summed E-state index contributed by atoms with van der Waals surface area (Å²) in [6.45, 7) is 12.9. The minimum atomic E-state index is -1.50. The Kier molecular flexibility index (Phi) is 9.69. The fourth-order valence-corrected chi connectivity index (χ4v) is 3.68. The Morgan fingerprint density at radius 3 is 1.78 bits per heavy atom. The van der Waals surface area contributed by atoms with Crippen LogP contribution in [0.25, 0.3) is 0 Å². The molecule has 0 spiro atoms. The lowest BCUT2D eigenvalue weighted by molar-refractivity contribution is -0.307. The molecule has 2 N–H and O–H groups in total. The Morgan fingerprint density at radius 2 is 1.37 bits per heavy atom. The van der Waals surface area contributed by atoms with Gasteiger partial charge in [0.25, 0.3) is 0 Å². The molecule has 1 aliphatic heterocycles. The van der Waals surface area contributed by atoms with Gasteiger partial charge in [0, 0.05) is 7.11 Å². The van der Waals surface area contributed by atoms with Crippen LogP contribution in [-0.4, -0.2) is 84.0 Å². The molecule has 27 heavy (non-hydrogen) atoms. The summed E-state index contributed by atoms with van der Waals surface area (Å²) in [5.74, 6) is 6.06. The number of hydrogen-bond acceptors (Lipinski definition) is 6. The lowest BCUT2D eigenvalue weighted by atomic mass is 9.98. The molecule has 1 rings (SSSR count). The second-order valence-corrected chi connectivity index (χ2v) is 18.1. The van der Waals surface area contributed by atoms with Crippen molar-refractivity contribution in [3.8, 4) is 22.9 Å². The topological polar surface area (TPSA) is 77.4 Å². The first-order valence-electron chi connectivity index (χ1n) is 9.19. The van der Waals surface area contributed by atoms with Gasteiger partial charge in [0.15, 0.2) is 6.29 Å². The summed E-state index contributed by atoms with van der Waals surface area (Å²) in [5, 5.41) is 20.0. The molecule has 0 aromatic rings. The average Bonchev–Trinajstić information content (AvgIpc) is 2.55. The Morgan fingerprint density at radius 1 is 0.889 bits per heavy atom. The van der Waals surface area contributed by atoms with Crippen molar-refractivity contribution in [3.63, 3.8) is 0 Å². The number of aliphatic hydroxyl groups is 2. The monoisotopic (exact) mass is 414 g/mol. The molecule has 1 saturated heterocycles. The molecule has 1 aliphatic rings. The molecule has 5 atom stereocenters. The van der Waals surface area contributed by atoms with E-state index in [1.54, 1.807) is 0 Å². The van der Waals surface area contributed by atoms with Gasteiger partial charge in [0.05, 0.1) is 6.61 Å². The van der Waals surface area contributed by atoms with Crippen molar-refractivity contribution in [1.29, 1.82) is 0 Å². The normalized spacial score (nSPS) is 28.7. The van der Waals surface area contributed by atoms with Gasteiger partial charge in [0.1, 0.15) is 53.8 Å². The second-order valence-electron chi connectivity index (χ2n) is 8.61. The molecule has 1 fully saturated rings. The van der Waals surface area contributed by atoms with Crippen LogP contribution in [0.4, 0.5) is 0 Å². The van der Waals surface area contributed by atoms with Gasteiger partial charge in [-0.05, 0) is 0 Å². The fourth-order valence-electron chi connectivity index (χ4n) is 2.48. The van der Waals surface area contributed by atoms with E-state index in [9.17, 15) is 10.2 Å². The largest absolute Gasteiger partial charge is 0.394 e. The predicted octanol–water partition coefficient (Wildman–Crippen LogP) is 1.24. The Labute approximate surface area is 165 Å². The molecule has 0 bridgehead atoms. The molecule has 8 heteroatoms. The first-order valence-corrected chi connectivity index (χ1v) is 16.2. The van der Waals surface area contributed by atoms with Crippen molar-refractivity contribution in [2.45, 2.75) is 70.0 Å². The van der Waals surface area contributed by atoms with Crippen LogP contribution >= 0.6 is 0 Å². The molecule has 0 radical (unpaired) electrons. The average molecular weight is 415 g/mol. The van der Waals surface area contributed by atoms with Gasteiger partial charge >= 0.3 is 0 Å². The van der Waals surface area contributed by atoms with E-state index in [1.807, 2.05) is 0 Å². The maximum Gasteiger partial charge on any atom is 0.186 e. The molecular weight excluding hydrogens is 380 g/mol. The van der Waals surface area contributed by atoms with E-state index < -0.39 is 46.9 Å². The summed E-state index contributed by atoms with van der Waals surface area (Å²) >= 11 is 0. The van der Waals surface area contributed by atoms with Gasteiger partial charge in [-0.15, -0.1) is 11.1 Å². The van der Waals surface area contributed by atoms with Crippen molar-refractivity contribution in [3.05, 3.63) is 0 Å². The van der Waals surface area contributed by atoms with E-state index in [0.717, 1.165) is 0 Å². The van der Waals surface area contributed by atoms with Crippen LogP contribution in [0.2, 0.25) is 39.3 Å². The van der Waals surface area contributed by atoms with Crippen molar-refractivity contribution in [2.75, 3.05) is 26.9 Å². The van der Waals surface area contributed by atoms with Gasteiger partial charge < -0.3 is 29.2 Å². The van der Waals surface area contributed by atoms with Crippen LogP contribution in [0.5, 0.6) is 0 Å². The van der Waals surface area contributed by atoms with Crippen molar-refractivity contribution >= 4 is 16.1 Å². The molecule has 154 valence electrons. The van der Waals surface area contributed by atoms with Gasteiger partial charge in [-0.25, -0.2) is 0 Å². The number of rotatable bonds is 6. The summed E-state index contributed by atoms with van der Waals surface area (Å²) < 4.78 is 22.6. The summed E-state index contributed by atoms with van der Waals surface area (Å²) in [6, 6.07) is 0. The molecule has 0 aromatic carbocycles. The standard InChI is InChI=1S/C19H34O6Si2/c1-22-19-18(24-11-9-13-27(5,6)7)17(16(21)15(14-20)25-19)23-10-8-12-26(2,3)4/h15-21H,10-11,14H2,1-7H3/t15-,16-,17+,18-,19+/m1/s1. The fraction of sp³-hybridized carbons (Fsp3) is 0.789. The maximum absolute atomic E-state index is 10.5. The molecule has 0 unspecified atom stereocenters. The maximum atomic E-state index is 10.5. The number of methoxy groups -OCH3 is 1. The van der Waals surface area contributed by atoms with Gasteiger partial charge in [-0.1, -0.05) is 51.1 Å². The molecule has 0 amide bonds. The van der Waals surface area contributed by atoms with Crippen LogP contribution in [0.3, 0.4) is 0 Å². The minimum absolute atomic E-state index is 0.168. The lowest BCUT2D eigenvalue weighted by Crippen LogP contribution is -2.60. The third-order valence-electron chi connectivity index (χ3n) is 3.65. The van der Waals surface area contributed by atoms with Crippen molar-refractivity contribution in [1.82, 2.24) is 0 Å². The molecule has 0 saturated carbocycles. The Balaban J connectivity index is 2.88. The quantitative estimate of drug-likeness (QED) is 0.503. The number of aliphatic hydroxyl groups excluding tert-OH is 2. The number of hydrogen-bond donors (Lipinski definition) is 2. The van der Waals surface area contributed by atoms with Crippen molar-refractivity contribution in [2.24, 2.45) is 0 Å². The summed E-state index contributed by atoms with van der Waals surface area (Å²) in [5.41, 5.74) is 6.45. The SMILES string of the molecule is CO[C@H]1O[C@H](CO)[C@@H](O)[C@H](OCC#C[Si](C)(C)C)[C@H]1OCC#C[Si](C)(C)C. The Hall–Kier alpha value is -0.686. The van der Waals surface area contributed by atoms with E-state index in [4.69, 9.17) is 18.9 Å². The van der Waals surface area contributed by atoms with Crippen LogP contribution in [-0.2, 0) is 18.9 Å². The molecular formula is C19H34O6Si2. The highest BCUT2D eigenvalue weighted by molar-refractivity contribution is 6.84. The molecule has 1 heterocycles. The van der Waals surface area contributed by atoms with E-state index >= 15 is 0 Å². The molecule has 0 aromatic heterocycles. The van der Waals surface area contributed by atoms with E-state index in [-0.39, 0.29) is 19.8 Å². The molecule has 6 nitrogen and oxygen atoms in total. The zero-order valence-electron chi connectivity index (χ0n) is 17.5. The summed E-state index contributed by atoms with van der Waals surface area (Å²) in [6.07, 6.45) is -4.03. The van der Waals surface area contributed by atoms with Gasteiger partial charge in [-0.2, -0.15) is 0 Å². The van der Waals surface area contributed by atoms with Gasteiger partial charge in [0.2, 0.25) is 0 Å². The van der Waals surface area contributed by atoms with Crippen LogP contribution in [0, 0.1) is 22.9 Å². The van der Waals surface area contributed by atoms with Crippen molar-refractivity contribution < 1.29 is 29.2 Å². The molecule has 0 aliphatic carbocycles. The first-order chi connectivity index (χ1) is 12.5. The van der Waals surface area contributed by atoms with E-state index in [0.29, 0.717) is 0 Å². The lowest BCUT2D eigenvalue weighted by Gasteiger charge is -2.42. The Bertz CT molecular complexity index is 575. The number of ether oxygens (including phenoxy) is 4. The highest BCUT2D eigenvalue weighted by Crippen LogP contribution is 2.26. The van der Waals surface area contributed by atoms with E-state index in [1.165, 1.54) is 7.11 Å². The van der Waals surface area contributed by atoms with Crippen LogP contribution in [0.1, 0.15) is 0 Å². The van der Waals surface area contributed by atoms with Crippen LogP contribution < -0.4 is 0 Å². The first kappa shape index (κ1) is 24.4. The zero-order valence-corrected chi connectivity index (χ0v) is 19.5. The summed E-state index contributed by atoms with van der Waals surface area (Å²) in [4.78, 5) is 0. The van der Waals surface area contributed by atoms with Gasteiger partial charge in [-0.3, -0.25) is 0 Å². The third-order valence-corrected chi connectivity index (χ3v) is 5.51. The van der Waals surface area contributed by atoms with Crippen LogP contribution in [0.15, 0.2) is 0 Å². The third kappa shape index (κ3) is 8.90. The summed E-state index contributed by atoms with van der Waals surface area (Å²) in [7, 11) is -1.50. The predicted molar refractivity (Wildman–Crippen MR) is 110 cm³/mol. The second kappa shape index (κ2) is 10.7. The van der Waals surface area contributed by atoms with E-state index in [2.05, 4.69) is 62.2 Å². The highest BCUT2D eigenvalue weighted by atomic mass is 28.3. The zero-order chi connectivity index (χ0) is 20.7. The smallest absolute Gasteiger partial charge is 0.186 e. The minimum Gasteiger partial charge on any atom is -0.394 e.